The number of hydrogen-bond donors (Lipinski definition) is 2. The topological polar surface area (TPSA) is 74.9 Å². The van der Waals surface area contributed by atoms with E-state index in [-0.39, 0.29) is 11.9 Å². The molecule has 6 nitrogen and oxygen atoms in total. The standard InChI is InChI=1S/C14H20N2O4/c17-14(18)13-10(3-5-19-13)6-15-7-12-8-16-4-1-2-11(16)9-20-12/h3,5,11-12,15H,1-2,4,6-9H2,(H,17,18). The lowest BCUT2D eigenvalue weighted by molar-refractivity contribution is -0.0470. The second-order valence-corrected chi connectivity index (χ2v) is 5.46. The van der Waals surface area contributed by atoms with E-state index in [1.807, 2.05) is 0 Å². The molecule has 3 heterocycles. The first-order valence-electron chi connectivity index (χ1n) is 7.10. The minimum absolute atomic E-state index is 0.0154. The maximum absolute atomic E-state index is 10.9. The van der Waals surface area contributed by atoms with Gasteiger partial charge in [-0.1, -0.05) is 0 Å². The van der Waals surface area contributed by atoms with Crippen molar-refractivity contribution in [3.63, 3.8) is 0 Å². The van der Waals surface area contributed by atoms with Crippen molar-refractivity contribution in [2.45, 2.75) is 31.5 Å². The Labute approximate surface area is 117 Å². The van der Waals surface area contributed by atoms with Crippen LogP contribution in [0.1, 0.15) is 29.0 Å². The third kappa shape index (κ3) is 2.87. The number of carboxylic acids is 1. The molecule has 6 heteroatoms. The third-order valence-corrected chi connectivity index (χ3v) is 4.09. The van der Waals surface area contributed by atoms with Gasteiger partial charge in [-0.25, -0.2) is 4.79 Å². The molecule has 2 aliphatic rings. The van der Waals surface area contributed by atoms with E-state index in [1.165, 1.54) is 25.6 Å². The fraction of sp³-hybridized carbons (Fsp3) is 0.643. The van der Waals surface area contributed by atoms with E-state index < -0.39 is 5.97 Å². The van der Waals surface area contributed by atoms with Gasteiger partial charge < -0.3 is 19.6 Å². The number of furan rings is 1. The molecule has 1 aromatic heterocycles. The number of fused-ring (bicyclic) bond motifs is 1. The second kappa shape index (κ2) is 5.95. The molecule has 20 heavy (non-hydrogen) atoms. The summed E-state index contributed by atoms with van der Waals surface area (Å²) in [5, 5.41) is 12.2. The van der Waals surface area contributed by atoms with E-state index in [0.29, 0.717) is 18.2 Å². The van der Waals surface area contributed by atoms with E-state index in [9.17, 15) is 4.79 Å². The maximum Gasteiger partial charge on any atom is 0.372 e. The van der Waals surface area contributed by atoms with Gasteiger partial charge in [0.2, 0.25) is 5.76 Å². The lowest BCUT2D eigenvalue weighted by Crippen LogP contribution is -2.49. The molecular weight excluding hydrogens is 260 g/mol. The summed E-state index contributed by atoms with van der Waals surface area (Å²) in [6.45, 7) is 4.18. The van der Waals surface area contributed by atoms with Crippen LogP contribution in [0.2, 0.25) is 0 Å². The summed E-state index contributed by atoms with van der Waals surface area (Å²) in [4.78, 5) is 13.4. The van der Waals surface area contributed by atoms with Gasteiger partial charge in [0.25, 0.3) is 0 Å². The summed E-state index contributed by atoms with van der Waals surface area (Å²) in [5.41, 5.74) is 0.673. The molecule has 2 unspecified atom stereocenters. The summed E-state index contributed by atoms with van der Waals surface area (Å²) in [7, 11) is 0. The van der Waals surface area contributed by atoms with Crippen molar-refractivity contribution in [3.8, 4) is 0 Å². The van der Waals surface area contributed by atoms with Crippen molar-refractivity contribution in [1.82, 2.24) is 10.2 Å². The zero-order valence-electron chi connectivity index (χ0n) is 11.4. The number of hydrogen-bond acceptors (Lipinski definition) is 5. The van der Waals surface area contributed by atoms with Gasteiger partial charge in [0.1, 0.15) is 0 Å². The van der Waals surface area contributed by atoms with E-state index in [0.717, 1.165) is 19.7 Å². The monoisotopic (exact) mass is 280 g/mol. The highest BCUT2D eigenvalue weighted by Crippen LogP contribution is 2.22. The van der Waals surface area contributed by atoms with Crippen LogP contribution in [0.3, 0.4) is 0 Å². The van der Waals surface area contributed by atoms with Crippen molar-refractivity contribution in [2.24, 2.45) is 0 Å². The zero-order chi connectivity index (χ0) is 13.9. The van der Waals surface area contributed by atoms with Crippen molar-refractivity contribution < 1.29 is 19.1 Å². The van der Waals surface area contributed by atoms with Crippen molar-refractivity contribution >= 4 is 5.97 Å². The summed E-state index contributed by atoms with van der Waals surface area (Å²) in [6, 6.07) is 2.30. The summed E-state index contributed by atoms with van der Waals surface area (Å²) >= 11 is 0. The Balaban J connectivity index is 1.46. The van der Waals surface area contributed by atoms with Crippen LogP contribution in [0.4, 0.5) is 0 Å². The van der Waals surface area contributed by atoms with Crippen LogP contribution in [0.5, 0.6) is 0 Å². The first-order chi connectivity index (χ1) is 9.74. The lowest BCUT2D eigenvalue weighted by atomic mass is 10.2. The molecule has 0 aliphatic carbocycles. The molecule has 0 bridgehead atoms. The largest absolute Gasteiger partial charge is 0.475 e. The van der Waals surface area contributed by atoms with Crippen LogP contribution in [0, 0.1) is 0 Å². The molecule has 0 aromatic carbocycles. The Morgan fingerprint density at radius 1 is 1.55 bits per heavy atom. The van der Waals surface area contributed by atoms with Crippen LogP contribution >= 0.6 is 0 Å². The van der Waals surface area contributed by atoms with Crippen LogP contribution in [0.25, 0.3) is 0 Å². The molecule has 3 rings (SSSR count). The van der Waals surface area contributed by atoms with Crippen LogP contribution < -0.4 is 5.32 Å². The number of rotatable bonds is 5. The number of morpholine rings is 1. The van der Waals surface area contributed by atoms with Gasteiger partial charge in [-0.3, -0.25) is 4.90 Å². The SMILES string of the molecule is O=C(O)c1occc1CNCC1CN2CCCC2CO1. The first-order valence-corrected chi connectivity index (χ1v) is 7.10. The van der Waals surface area contributed by atoms with Crippen LogP contribution in [-0.2, 0) is 11.3 Å². The molecule has 2 N–H and O–H groups in total. The summed E-state index contributed by atoms with van der Waals surface area (Å²) in [5.74, 6) is -1.01. The van der Waals surface area contributed by atoms with Crippen LogP contribution in [-0.4, -0.2) is 54.4 Å². The lowest BCUT2D eigenvalue weighted by Gasteiger charge is -2.35. The van der Waals surface area contributed by atoms with Crippen molar-refractivity contribution in [1.29, 1.82) is 0 Å². The Kier molecular flexibility index (Phi) is 4.05. The summed E-state index contributed by atoms with van der Waals surface area (Å²) < 4.78 is 10.8. The van der Waals surface area contributed by atoms with Crippen molar-refractivity contribution in [3.05, 3.63) is 23.7 Å². The van der Waals surface area contributed by atoms with Gasteiger partial charge >= 0.3 is 5.97 Å². The third-order valence-electron chi connectivity index (χ3n) is 4.09. The molecule has 0 saturated carbocycles. The Morgan fingerprint density at radius 3 is 3.30 bits per heavy atom. The highest BCUT2D eigenvalue weighted by molar-refractivity contribution is 5.86. The molecule has 0 spiro atoms. The highest BCUT2D eigenvalue weighted by atomic mass is 16.5. The molecule has 0 radical (unpaired) electrons. The van der Waals surface area contributed by atoms with E-state index >= 15 is 0 Å². The Bertz CT molecular complexity index is 473. The number of nitrogens with one attached hydrogen (secondary N) is 1. The predicted octanol–water partition coefficient (Wildman–Crippen LogP) is 0.931. The van der Waals surface area contributed by atoms with E-state index in [1.54, 1.807) is 6.07 Å². The average Bonchev–Trinajstić information content (AvgIpc) is 3.06. The van der Waals surface area contributed by atoms with Crippen LogP contribution in [0.15, 0.2) is 16.7 Å². The van der Waals surface area contributed by atoms with Gasteiger partial charge in [0, 0.05) is 31.2 Å². The minimum Gasteiger partial charge on any atom is -0.475 e. The predicted molar refractivity (Wildman–Crippen MR) is 71.7 cm³/mol. The molecule has 110 valence electrons. The average molecular weight is 280 g/mol. The molecule has 2 saturated heterocycles. The molecular formula is C14H20N2O4. The van der Waals surface area contributed by atoms with Gasteiger partial charge in [-0.15, -0.1) is 0 Å². The number of carboxylic acid groups (broad SMARTS) is 1. The van der Waals surface area contributed by atoms with Gasteiger partial charge in [0.05, 0.1) is 19.0 Å². The molecule has 2 aliphatic heterocycles. The Morgan fingerprint density at radius 2 is 2.45 bits per heavy atom. The minimum atomic E-state index is -1.03. The Hall–Kier alpha value is -1.37. The number of nitrogens with zero attached hydrogens (tertiary/aromatic N) is 1. The molecule has 1 aromatic rings. The summed E-state index contributed by atoms with van der Waals surface area (Å²) in [6.07, 6.45) is 4.11. The number of carbonyl (C=O) groups is 1. The molecule has 2 atom stereocenters. The van der Waals surface area contributed by atoms with Gasteiger partial charge in [-0.2, -0.15) is 0 Å². The number of ether oxygens (including phenoxy) is 1. The van der Waals surface area contributed by atoms with Crippen molar-refractivity contribution in [2.75, 3.05) is 26.2 Å². The highest BCUT2D eigenvalue weighted by Gasteiger charge is 2.31. The molecule has 0 amide bonds. The number of aromatic carboxylic acids is 1. The second-order valence-electron chi connectivity index (χ2n) is 5.46. The fourth-order valence-electron chi connectivity index (χ4n) is 3.04. The van der Waals surface area contributed by atoms with Gasteiger partial charge in [-0.05, 0) is 25.5 Å². The fourth-order valence-corrected chi connectivity index (χ4v) is 3.04. The normalized spacial score (nSPS) is 26.6. The quantitative estimate of drug-likeness (QED) is 0.836. The molecule has 2 fully saturated rings. The first kappa shape index (κ1) is 13.6. The maximum atomic E-state index is 10.9. The smallest absolute Gasteiger partial charge is 0.372 e. The van der Waals surface area contributed by atoms with Gasteiger partial charge in [0.15, 0.2) is 0 Å². The van der Waals surface area contributed by atoms with E-state index in [4.69, 9.17) is 14.3 Å². The zero-order valence-corrected chi connectivity index (χ0v) is 11.4. The van der Waals surface area contributed by atoms with E-state index in [2.05, 4.69) is 10.2 Å².